The molecule has 0 atom stereocenters. The van der Waals surface area contributed by atoms with Gasteiger partial charge in [0.25, 0.3) is 0 Å². The molecule has 96 valence electrons. The third-order valence-electron chi connectivity index (χ3n) is 2.24. The first-order valence-corrected chi connectivity index (χ1v) is 4.97. The second-order valence-corrected chi connectivity index (χ2v) is 3.62. The normalized spacial score (nSPS) is 15.3. The van der Waals surface area contributed by atoms with E-state index in [1.165, 1.54) is 12.1 Å². The standard InChI is InChI=1S/C11H8F3NO3/c1-6-2-3-7(18-11(12,13)14)4-8(6)10-15-5-9(16)17-10/h2-4H,5H2,1H3. The molecule has 0 aromatic heterocycles. The molecule has 7 heteroatoms. The van der Waals surface area contributed by atoms with E-state index < -0.39 is 12.3 Å². The van der Waals surface area contributed by atoms with Crippen LogP contribution in [0.25, 0.3) is 0 Å². The number of alkyl halides is 3. The number of cyclic esters (lactones) is 1. The zero-order valence-electron chi connectivity index (χ0n) is 9.25. The Hall–Kier alpha value is -2.05. The van der Waals surface area contributed by atoms with Gasteiger partial charge in [0.05, 0.1) is 0 Å². The van der Waals surface area contributed by atoms with Crippen LogP contribution in [0.5, 0.6) is 5.75 Å². The van der Waals surface area contributed by atoms with E-state index in [2.05, 4.69) is 9.73 Å². The Balaban J connectivity index is 2.30. The van der Waals surface area contributed by atoms with E-state index in [0.29, 0.717) is 11.1 Å². The van der Waals surface area contributed by atoms with Gasteiger partial charge in [0.15, 0.2) is 0 Å². The van der Waals surface area contributed by atoms with Gasteiger partial charge in [-0.15, -0.1) is 13.2 Å². The summed E-state index contributed by atoms with van der Waals surface area (Å²) >= 11 is 0. The smallest absolute Gasteiger partial charge is 0.406 e. The van der Waals surface area contributed by atoms with Gasteiger partial charge in [-0.05, 0) is 24.6 Å². The molecule has 18 heavy (non-hydrogen) atoms. The van der Waals surface area contributed by atoms with Gasteiger partial charge in [0.1, 0.15) is 12.3 Å². The van der Waals surface area contributed by atoms with Crippen LogP contribution in [-0.4, -0.2) is 24.8 Å². The molecule has 0 N–H and O–H groups in total. The number of carbonyl (C=O) groups is 1. The zero-order valence-corrected chi connectivity index (χ0v) is 9.25. The largest absolute Gasteiger partial charge is 0.573 e. The van der Waals surface area contributed by atoms with Crippen molar-refractivity contribution < 1.29 is 27.4 Å². The first-order valence-electron chi connectivity index (χ1n) is 4.97. The van der Waals surface area contributed by atoms with Gasteiger partial charge in [0, 0.05) is 5.56 Å². The number of carbonyl (C=O) groups excluding carboxylic acids is 1. The summed E-state index contributed by atoms with van der Waals surface area (Å²) in [4.78, 5) is 14.7. The SMILES string of the molecule is Cc1ccc(OC(F)(F)F)cc1C1=NCC(=O)O1. The van der Waals surface area contributed by atoms with Crippen LogP contribution in [0.3, 0.4) is 0 Å². The van der Waals surface area contributed by atoms with E-state index in [9.17, 15) is 18.0 Å². The zero-order chi connectivity index (χ0) is 13.3. The molecule has 1 aromatic rings. The Bertz CT molecular complexity index is 523. The van der Waals surface area contributed by atoms with Crippen molar-refractivity contribution in [2.75, 3.05) is 6.54 Å². The summed E-state index contributed by atoms with van der Waals surface area (Å²) in [7, 11) is 0. The summed E-state index contributed by atoms with van der Waals surface area (Å²) in [6.45, 7) is 1.54. The van der Waals surface area contributed by atoms with Gasteiger partial charge in [-0.2, -0.15) is 0 Å². The highest BCUT2D eigenvalue weighted by Gasteiger charge is 2.31. The van der Waals surface area contributed by atoms with Crippen LogP contribution in [0, 0.1) is 6.92 Å². The number of esters is 1. The minimum atomic E-state index is -4.76. The van der Waals surface area contributed by atoms with Gasteiger partial charge in [-0.3, -0.25) is 0 Å². The summed E-state index contributed by atoms with van der Waals surface area (Å²) in [5, 5.41) is 0. The predicted octanol–water partition coefficient (Wildman–Crippen LogP) is 2.20. The third kappa shape index (κ3) is 2.79. The number of benzene rings is 1. The van der Waals surface area contributed by atoms with Crippen molar-refractivity contribution in [3.63, 3.8) is 0 Å². The van der Waals surface area contributed by atoms with Gasteiger partial charge in [-0.1, -0.05) is 6.07 Å². The molecule has 0 amide bonds. The van der Waals surface area contributed by atoms with Crippen molar-refractivity contribution in [1.82, 2.24) is 0 Å². The highest BCUT2D eigenvalue weighted by Crippen LogP contribution is 2.26. The quantitative estimate of drug-likeness (QED) is 0.765. The van der Waals surface area contributed by atoms with E-state index in [1.54, 1.807) is 6.92 Å². The van der Waals surface area contributed by atoms with Crippen molar-refractivity contribution >= 4 is 11.9 Å². The lowest BCUT2D eigenvalue weighted by Gasteiger charge is -2.11. The molecule has 0 aliphatic carbocycles. The molecule has 4 nitrogen and oxygen atoms in total. The molecule has 0 fully saturated rings. The third-order valence-corrected chi connectivity index (χ3v) is 2.24. The number of hydrogen-bond acceptors (Lipinski definition) is 4. The maximum absolute atomic E-state index is 12.1. The summed E-state index contributed by atoms with van der Waals surface area (Å²) in [5.74, 6) is -0.898. The summed E-state index contributed by atoms with van der Waals surface area (Å²) in [5.41, 5.74) is 0.945. The van der Waals surface area contributed by atoms with E-state index in [4.69, 9.17) is 4.74 Å². The van der Waals surface area contributed by atoms with Gasteiger partial charge in [-0.25, -0.2) is 9.79 Å². The number of ether oxygens (including phenoxy) is 2. The fraction of sp³-hybridized carbons (Fsp3) is 0.273. The number of rotatable bonds is 2. The Kier molecular flexibility index (Phi) is 2.98. The average Bonchev–Trinajstić information content (AvgIpc) is 2.66. The number of aryl methyl sites for hydroxylation is 1. The van der Waals surface area contributed by atoms with Crippen molar-refractivity contribution in [2.45, 2.75) is 13.3 Å². The minimum Gasteiger partial charge on any atom is -0.406 e. The van der Waals surface area contributed by atoms with Crippen molar-refractivity contribution in [1.29, 1.82) is 0 Å². The van der Waals surface area contributed by atoms with Gasteiger partial charge >= 0.3 is 12.3 Å². The van der Waals surface area contributed by atoms with Crippen molar-refractivity contribution in [3.8, 4) is 5.75 Å². The van der Waals surface area contributed by atoms with Crippen LogP contribution in [0.1, 0.15) is 11.1 Å². The minimum absolute atomic E-state index is 0.0186. The molecule has 1 aliphatic heterocycles. The second-order valence-electron chi connectivity index (χ2n) is 3.62. The lowest BCUT2D eigenvalue weighted by atomic mass is 10.1. The molecule has 2 rings (SSSR count). The molecule has 0 unspecified atom stereocenters. The number of nitrogens with zero attached hydrogens (tertiary/aromatic N) is 1. The number of halogens is 3. The van der Waals surface area contributed by atoms with Crippen LogP contribution >= 0.6 is 0 Å². The van der Waals surface area contributed by atoms with E-state index >= 15 is 0 Å². The van der Waals surface area contributed by atoms with Crippen LogP contribution < -0.4 is 4.74 Å². The van der Waals surface area contributed by atoms with Gasteiger partial charge < -0.3 is 9.47 Å². The lowest BCUT2D eigenvalue weighted by molar-refractivity contribution is -0.274. The topological polar surface area (TPSA) is 47.9 Å². The number of hydrogen-bond donors (Lipinski definition) is 0. The van der Waals surface area contributed by atoms with Crippen LogP contribution in [-0.2, 0) is 9.53 Å². The first-order chi connectivity index (χ1) is 8.35. The highest BCUT2D eigenvalue weighted by molar-refractivity contribution is 6.05. The Morgan fingerprint density at radius 2 is 2.11 bits per heavy atom. The van der Waals surface area contributed by atoms with Crippen LogP contribution in [0.2, 0.25) is 0 Å². The number of aliphatic imine (C=N–C) groups is 1. The average molecular weight is 259 g/mol. The molecular formula is C11H8F3NO3. The van der Waals surface area contributed by atoms with Crippen molar-refractivity contribution in [2.24, 2.45) is 4.99 Å². The summed E-state index contributed by atoms with van der Waals surface area (Å²) in [6, 6.07) is 3.76. The van der Waals surface area contributed by atoms with E-state index in [1.807, 2.05) is 0 Å². The van der Waals surface area contributed by atoms with Crippen LogP contribution in [0.15, 0.2) is 23.2 Å². The monoisotopic (exact) mass is 259 g/mol. The molecule has 1 aromatic carbocycles. The molecular weight excluding hydrogens is 251 g/mol. The fourth-order valence-electron chi connectivity index (χ4n) is 1.48. The molecule has 0 saturated carbocycles. The highest BCUT2D eigenvalue weighted by atomic mass is 19.4. The maximum atomic E-state index is 12.1. The van der Waals surface area contributed by atoms with Crippen LogP contribution in [0.4, 0.5) is 13.2 Å². The predicted molar refractivity (Wildman–Crippen MR) is 55.4 cm³/mol. The molecule has 1 heterocycles. The Morgan fingerprint density at radius 1 is 1.39 bits per heavy atom. The van der Waals surface area contributed by atoms with Crippen molar-refractivity contribution in [3.05, 3.63) is 29.3 Å². The van der Waals surface area contributed by atoms with Gasteiger partial charge in [0.2, 0.25) is 5.90 Å². The fourth-order valence-corrected chi connectivity index (χ4v) is 1.48. The lowest BCUT2D eigenvalue weighted by Crippen LogP contribution is -2.17. The first kappa shape index (κ1) is 12.4. The Labute approximate surface area is 100 Å². The van der Waals surface area contributed by atoms with E-state index in [-0.39, 0.29) is 18.2 Å². The summed E-state index contributed by atoms with van der Waals surface area (Å²) in [6.07, 6.45) is -4.76. The van der Waals surface area contributed by atoms with E-state index in [0.717, 1.165) is 6.07 Å². The summed E-state index contributed by atoms with van der Waals surface area (Å²) < 4.78 is 44.8. The molecule has 0 bridgehead atoms. The molecule has 0 radical (unpaired) electrons. The second kappa shape index (κ2) is 4.32. The molecule has 1 aliphatic rings. The maximum Gasteiger partial charge on any atom is 0.573 e. The Morgan fingerprint density at radius 3 is 2.67 bits per heavy atom. The molecule has 0 saturated heterocycles. The molecule has 0 spiro atoms.